The Hall–Kier alpha value is -4.97. The lowest BCUT2D eigenvalue weighted by Gasteiger charge is -2.25. The van der Waals surface area contributed by atoms with Gasteiger partial charge >= 0.3 is 5.97 Å². The van der Waals surface area contributed by atoms with Crippen LogP contribution in [0.2, 0.25) is 0 Å². The van der Waals surface area contributed by atoms with Crippen LogP contribution in [-0.4, -0.2) is 16.0 Å². The van der Waals surface area contributed by atoms with Crippen LogP contribution in [0.5, 0.6) is 0 Å². The zero-order valence-electron chi connectivity index (χ0n) is 26.1. The Morgan fingerprint density at radius 2 is 1.59 bits per heavy atom. The third-order valence-corrected chi connectivity index (χ3v) is 8.51. The van der Waals surface area contributed by atoms with Crippen LogP contribution in [0.15, 0.2) is 103 Å². The third-order valence-electron chi connectivity index (χ3n) is 8.51. The smallest absolute Gasteiger partial charge is 0.336 e. The van der Waals surface area contributed by atoms with E-state index in [0.29, 0.717) is 18.0 Å². The average molecular weight is 589 g/mol. The monoisotopic (exact) mass is 588 g/mol. The summed E-state index contributed by atoms with van der Waals surface area (Å²) in [7, 11) is 0. The zero-order chi connectivity index (χ0) is 32.0. The molecule has 0 amide bonds. The molecule has 0 saturated carbocycles. The number of non-ortho nitro benzene ring substituents is 1. The van der Waals surface area contributed by atoms with E-state index in [9.17, 15) is 20.0 Å². The maximum Gasteiger partial charge on any atom is 0.336 e. The number of benzene rings is 4. The quantitative estimate of drug-likeness (QED) is 0.127. The Morgan fingerprint density at radius 3 is 2.25 bits per heavy atom. The van der Waals surface area contributed by atoms with E-state index in [2.05, 4.69) is 76.8 Å². The predicted molar refractivity (Wildman–Crippen MR) is 179 cm³/mol. The van der Waals surface area contributed by atoms with Gasteiger partial charge in [0.15, 0.2) is 0 Å². The van der Waals surface area contributed by atoms with E-state index in [4.69, 9.17) is 0 Å². The molecule has 4 rings (SSSR count). The van der Waals surface area contributed by atoms with Crippen molar-refractivity contribution in [2.45, 2.75) is 53.5 Å². The molecule has 0 fully saturated rings. The standard InChI is InChI=1S/C38H40N2O4/c1-24(2)26(4)37-22-32(28(6)39-23-30-10-9-11-33(21-30)40(43)44)18-19-34(37)27(5)25(3)20-29-14-16-31(17-15-29)35-12-7-8-13-36(35)38(41)42/h7-19,21-22,25,27,39H,6,20,23H2,1-5H3,(H,41,42). The van der Waals surface area contributed by atoms with Crippen molar-refractivity contribution in [1.82, 2.24) is 5.32 Å². The Kier molecular flexibility index (Phi) is 10.2. The molecule has 0 aliphatic rings. The topological polar surface area (TPSA) is 92.5 Å². The van der Waals surface area contributed by atoms with E-state index in [-0.39, 0.29) is 16.5 Å². The summed E-state index contributed by atoms with van der Waals surface area (Å²) in [4.78, 5) is 22.4. The van der Waals surface area contributed by atoms with Crippen LogP contribution in [0.1, 0.15) is 78.7 Å². The summed E-state index contributed by atoms with van der Waals surface area (Å²) in [5.41, 5.74) is 10.7. The van der Waals surface area contributed by atoms with E-state index in [1.165, 1.54) is 33.9 Å². The van der Waals surface area contributed by atoms with Crippen LogP contribution >= 0.6 is 0 Å². The number of allylic oxidation sites excluding steroid dienone is 2. The molecule has 6 heteroatoms. The van der Waals surface area contributed by atoms with Crippen LogP contribution in [-0.2, 0) is 13.0 Å². The van der Waals surface area contributed by atoms with Gasteiger partial charge < -0.3 is 10.4 Å². The molecule has 4 aromatic carbocycles. The van der Waals surface area contributed by atoms with Crippen molar-refractivity contribution >= 4 is 22.9 Å². The van der Waals surface area contributed by atoms with Crippen molar-refractivity contribution in [3.63, 3.8) is 0 Å². The minimum atomic E-state index is -0.928. The van der Waals surface area contributed by atoms with Gasteiger partial charge in [-0.2, -0.15) is 0 Å². The van der Waals surface area contributed by atoms with Gasteiger partial charge in [0.25, 0.3) is 5.69 Å². The number of carbonyl (C=O) groups is 1. The van der Waals surface area contributed by atoms with Gasteiger partial charge in [0.2, 0.25) is 0 Å². The maximum atomic E-state index is 11.7. The van der Waals surface area contributed by atoms with Gasteiger partial charge in [0.05, 0.1) is 10.5 Å². The Bertz CT molecular complexity index is 1720. The molecule has 6 nitrogen and oxygen atoms in total. The van der Waals surface area contributed by atoms with Crippen LogP contribution < -0.4 is 5.32 Å². The number of rotatable bonds is 12. The van der Waals surface area contributed by atoms with Crippen molar-refractivity contribution < 1.29 is 14.8 Å². The average Bonchev–Trinajstić information content (AvgIpc) is 3.03. The lowest BCUT2D eigenvalue weighted by atomic mass is 9.80. The normalized spacial score (nSPS) is 12.2. The molecule has 2 atom stereocenters. The highest BCUT2D eigenvalue weighted by Gasteiger charge is 2.20. The first-order chi connectivity index (χ1) is 21.0. The maximum absolute atomic E-state index is 11.7. The highest BCUT2D eigenvalue weighted by molar-refractivity contribution is 5.96. The first kappa shape index (κ1) is 32.0. The van der Waals surface area contributed by atoms with E-state index in [0.717, 1.165) is 34.4 Å². The summed E-state index contributed by atoms with van der Waals surface area (Å²) in [6, 6.07) is 28.4. The molecular weight excluding hydrogens is 548 g/mol. The zero-order valence-corrected chi connectivity index (χ0v) is 26.1. The van der Waals surface area contributed by atoms with Crippen molar-refractivity contribution in [2.24, 2.45) is 5.92 Å². The van der Waals surface area contributed by atoms with E-state index in [1.54, 1.807) is 24.3 Å². The Balaban J connectivity index is 1.52. The molecule has 2 N–H and O–H groups in total. The van der Waals surface area contributed by atoms with Gasteiger partial charge in [-0.05, 0) is 95.7 Å². The summed E-state index contributed by atoms with van der Waals surface area (Å²) < 4.78 is 0. The number of nitro benzene ring substituents is 1. The number of nitro groups is 1. The fourth-order valence-electron chi connectivity index (χ4n) is 5.42. The summed E-state index contributed by atoms with van der Waals surface area (Å²) >= 11 is 0. The summed E-state index contributed by atoms with van der Waals surface area (Å²) in [6.45, 7) is 15.6. The molecule has 226 valence electrons. The SMILES string of the molecule is C=C(NCc1cccc([N+](=O)[O-])c1)c1ccc(C(C)C(C)Cc2ccc(-c3ccccc3C(=O)O)cc2)c(C(C)=C(C)C)c1. The second kappa shape index (κ2) is 14.0. The molecule has 4 aromatic rings. The molecule has 0 aromatic heterocycles. The number of nitrogens with one attached hydrogen (secondary N) is 1. The van der Waals surface area contributed by atoms with Crippen LogP contribution in [0, 0.1) is 16.0 Å². The Labute approximate surface area is 259 Å². The van der Waals surface area contributed by atoms with Gasteiger partial charge in [-0.25, -0.2) is 4.79 Å². The summed E-state index contributed by atoms with van der Waals surface area (Å²) in [6.07, 6.45) is 0.883. The third kappa shape index (κ3) is 7.51. The number of hydrogen-bond donors (Lipinski definition) is 2. The van der Waals surface area contributed by atoms with E-state index >= 15 is 0 Å². The van der Waals surface area contributed by atoms with E-state index in [1.807, 2.05) is 30.3 Å². The molecule has 0 spiro atoms. The second-order valence-corrected chi connectivity index (χ2v) is 11.7. The first-order valence-electron chi connectivity index (χ1n) is 14.8. The van der Waals surface area contributed by atoms with Crippen LogP contribution in [0.3, 0.4) is 0 Å². The molecule has 0 aliphatic carbocycles. The summed E-state index contributed by atoms with van der Waals surface area (Å²) in [5.74, 6) is -0.314. The largest absolute Gasteiger partial charge is 0.478 e. The number of hydrogen-bond acceptors (Lipinski definition) is 4. The molecule has 0 heterocycles. The lowest BCUT2D eigenvalue weighted by Crippen LogP contribution is -2.14. The van der Waals surface area contributed by atoms with Crippen molar-refractivity contribution in [2.75, 3.05) is 0 Å². The number of carboxylic acid groups (broad SMARTS) is 1. The molecular formula is C38H40N2O4. The Morgan fingerprint density at radius 1 is 0.886 bits per heavy atom. The van der Waals surface area contributed by atoms with Crippen molar-refractivity contribution in [1.29, 1.82) is 0 Å². The van der Waals surface area contributed by atoms with E-state index < -0.39 is 5.97 Å². The van der Waals surface area contributed by atoms with Crippen LogP contribution in [0.4, 0.5) is 5.69 Å². The van der Waals surface area contributed by atoms with Crippen molar-refractivity contribution in [3.8, 4) is 11.1 Å². The van der Waals surface area contributed by atoms with Gasteiger partial charge in [-0.1, -0.05) is 92.7 Å². The molecule has 0 aliphatic heterocycles. The number of aromatic carboxylic acids is 1. The first-order valence-corrected chi connectivity index (χ1v) is 14.8. The number of carboxylic acids is 1. The molecule has 0 radical (unpaired) electrons. The molecule has 2 unspecified atom stereocenters. The number of nitrogens with zero attached hydrogens (tertiary/aromatic N) is 1. The predicted octanol–water partition coefficient (Wildman–Crippen LogP) is 9.52. The lowest BCUT2D eigenvalue weighted by molar-refractivity contribution is -0.384. The van der Waals surface area contributed by atoms with Gasteiger partial charge in [-0.15, -0.1) is 0 Å². The fourth-order valence-corrected chi connectivity index (χ4v) is 5.42. The minimum Gasteiger partial charge on any atom is -0.478 e. The molecule has 0 saturated heterocycles. The fraction of sp³-hybridized carbons (Fsp3) is 0.237. The van der Waals surface area contributed by atoms with Crippen molar-refractivity contribution in [3.05, 3.63) is 147 Å². The van der Waals surface area contributed by atoms with Gasteiger partial charge in [0, 0.05) is 24.4 Å². The second-order valence-electron chi connectivity index (χ2n) is 11.7. The van der Waals surface area contributed by atoms with Gasteiger partial charge in [0.1, 0.15) is 0 Å². The van der Waals surface area contributed by atoms with Gasteiger partial charge in [-0.3, -0.25) is 10.1 Å². The highest BCUT2D eigenvalue weighted by Crippen LogP contribution is 2.35. The summed E-state index contributed by atoms with van der Waals surface area (Å²) in [5, 5.41) is 24.1. The van der Waals surface area contributed by atoms with Crippen LogP contribution in [0.25, 0.3) is 22.4 Å². The molecule has 0 bridgehead atoms. The highest BCUT2D eigenvalue weighted by atomic mass is 16.6. The minimum absolute atomic E-state index is 0.0725. The molecule has 44 heavy (non-hydrogen) atoms.